The van der Waals surface area contributed by atoms with Gasteiger partial charge in [0.2, 0.25) is 0 Å². The van der Waals surface area contributed by atoms with E-state index in [1.807, 2.05) is 6.92 Å². The molecule has 1 aromatic heterocycles. The van der Waals surface area contributed by atoms with E-state index in [9.17, 15) is 18.4 Å². The summed E-state index contributed by atoms with van der Waals surface area (Å²) in [6, 6.07) is 2.24. The summed E-state index contributed by atoms with van der Waals surface area (Å²) in [5.41, 5.74) is -0.676. The molecule has 1 aromatic carbocycles. The number of carboxylic acids is 1. The van der Waals surface area contributed by atoms with Crippen molar-refractivity contribution in [2.75, 3.05) is 0 Å². The maximum Gasteiger partial charge on any atom is 0.326 e. The first-order valence-electron chi connectivity index (χ1n) is 7.47. The van der Waals surface area contributed by atoms with Crippen molar-refractivity contribution in [2.24, 2.45) is 0 Å². The van der Waals surface area contributed by atoms with Crippen LogP contribution in [-0.2, 0) is 4.79 Å². The summed E-state index contributed by atoms with van der Waals surface area (Å²) in [7, 11) is 0. The van der Waals surface area contributed by atoms with Crippen LogP contribution in [0, 0.1) is 11.6 Å². The highest BCUT2D eigenvalue weighted by Crippen LogP contribution is 2.27. The fraction of sp³-hybridized carbons (Fsp3) is 0.312. The second-order valence-corrected chi connectivity index (χ2v) is 5.26. The van der Waals surface area contributed by atoms with E-state index in [0.717, 1.165) is 24.8 Å². The molecule has 0 aliphatic rings. The van der Waals surface area contributed by atoms with Crippen molar-refractivity contribution in [3.05, 3.63) is 41.6 Å². The van der Waals surface area contributed by atoms with Gasteiger partial charge in [0.05, 0.1) is 23.0 Å². The summed E-state index contributed by atoms with van der Waals surface area (Å²) >= 11 is 0. The minimum Gasteiger partial charge on any atom is -0.480 e. The first-order valence-corrected chi connectivity index (χ1v) is 7.47. The smallest absolute Gasteiger partial charge is 0.326 e. The van der Waals surface area contributed by atoms with Crippen LogP contribution < -0.4 is 5.32 Å². The predicted octanol–water partition coefficient (Wildman–Crippen LogP) is 2.73. The van der Waals surface area contributed by atoms with Crippen molar-refractivity contribution in [1.82, 2.24) is 15.5 Å². The average molecular weight is 337 g/mol. The predicted molar refractivity (Wildman–Crippen MR) is 82.4 cm³/mol. The highest BCUT2D eigenvalue weighted by Gasteiger charge is 2.25. The first kappa shape index (κ1) is 17.6. The summed E-state index contributed by atoms with van der Waals surface area (Å²) in [5.74, 6) is -3.63. The molecule has 1 atom stereocenters. The monoisotopic (exact) mass is 337 g/mol. The molecule has 0 bridgehead atoms. The van der Waals surface area contributed by atoms with Gasteiger partial charge in [0.15, 0.2) is 0 Å². The highest BCUT2D eigenvalue weighted by molar-refractivity contribution is 6.01. The number of carbonyl (C=O) groups is 2. The maximum atomic E-state index is 13.9. The minimum atomic E-state index is -1.17. The normalized spacial score (nSPS) is 12.0. The standard InChI is InChI=1S/C16H17F2N3O3/c1-2-3-7-12(16(23)24)20-15(22)9-8-19-21-14(9)13-10(17)5-4-6-11(13)18/h4-6,8,12H,2-3,7H2,1H3,(H,19,21)(H,20,22)(H,23,24)/t12-/m0/s1. The number of nitrogens with one attached hydrogen (secondary N) is 2. The van der Waals surface area contributed by atoms with Gasteiger partial charge in [0, 0.05) is 0 Å². The quantitative estimate of drug-likeness (QED) is 0.724. The lowest BCUT2D eigenvalue weighted by atomic mass is 10.1. The number of hydrogen-bond acceptors (Lipinski definition) is 3. The molecule has 0 saturated heterocycles. The molecular formula is C16H17F2N3O3. The van der Waals surface area contributed by atoms with Gasteiger partial charge >= 0.3 is 5.97 Å². The molecule has 2 rings (SSSR count). The van der Waals surface area contributed by atoms with Crippen LogP contribution in [-0.4, -0.2) is 33.2 Å². The third kappa shape index (κ3) is 3.76. The fourth-order valence-electron chi connectivity index (χ4n) is 2.29. The van der Waals surface area contributed by atoms with E-state index in [4.69, 9.17) is 5.11 Å². The molecule has 8 heteroatoms. The number of nitrogens with zero attached hydrogens (tertiary/aromatic N) is 1. The number of aromatic amines is 1. The van der Waals surface area contributed by atoms with E-state index in [2.05, 4.69) is 15.5 Å². The van der Waals surface area contributed by atoms with E-state index in [1.54, 1.807) is 0 Å². The van der Waals surface area contributed by atoms with Crippen molar-refractivity contribution in [3.8, 4) is 11.3 Å². The van der Waals surface area contributed by atoms with Crippen molar-refractivity contribution in [2.45, 2.75) is 32.2 Å². The third-order valence-electron chi connectivity index (χ3n) is 3.55. The summed E-state index contributed by atoms with van der Waals surface area (Å²) in [6.45, 7) is 1.90. The zero-order valence-electron chi connectivity index (χ0n) is 13.0. The third-order valence-corrected chi connectivity index (χ3v) is 3.55. The van der Waals surface area contributed by atoms with Crippen molar-refractivity contribution in [1.29, 1.82) is 0 Å². The van der Waals surface area contributed by atoms with Crippen LogP contribution >= 0.6 is 0 Å². The second-order valence-electron chi connectivity index (χ2n) is 5.26. The Morgan fingerprint density at radius 1 is 1.33 bits per heavy atom. The van der Waals surface area contributed by atoms with E-state index < -0.39 is 35.1 Å². The number of unbranched alkanes of at least 4 members (excludes halogenated alkanes) is 1. The van der Waals surface area contributed by atoms with E-state index >= 15 is 0 Å². The average Bonchev–Trinajstić information content (AvgIpc) is 3.00. The summed E-state index contributed by atoms with van der Waals surface area (Å²) in [4.78, 5) is 23.5. The van der Waals surface area contributed by atoms with Gasteiger partial charge in [0.25, 0.3) is 5.91 Å². The molecule has 2 aromatic rings. The lowest BCUT2D eigenvalue weighted by molar-refractivity contribution is -0.139. The summed E-state index contributed by atoms with van der Waals surface area (Å²) < 4.78 is 27.8. The second kappa shape index (κ2) is 7.67. The Labute approximate surface area is 136 Å². The van der Waals surface area contributed by atoms with Crippen LogP contribution in [0.1, 0.15) is 36.5 Å². The molecule has 0 unspecified atom stereocenters. The summed E-state index contributed by atoms with van der Waals surface area (Å²) in [5, 5.41) is 17.6. The minimum absolute atomic E-state index is 0.123. The van der Waals surface area contributed by atoms with Crippen molar-refractivity contribution < 1.29 is 23.5 Å². The number of carbonyl (C=O) groups excluding carboxylic acids is 1. The zero-order valence-corrected chi connectivity index (χ0v) is 13.0. The number of carboxylic acid groups (broad SMARTS) is 1. The van der Waals surface area contributed by atoms with Gasteiger partial charge in [-0.2, -0.15) is 5.10 Å². The number of amides is 1. The summed E-state index contributed by atoms with van der Waals surface area (Å²) in [6.07, 6.45) is 2.77. The molecule has 0 spiro atoms. The van der Waals surface area contributed by atoms with E-state index in [-0.39, 0.29) is 17.7 Å². The Morgan fingerprint density at radius 3 is 2.58 bits per heavy atom. The number of halogens is 2. The number of aromatic nitrogens is 2. The van der Waals surface area contributed by atoms with Gasteiger partial charge in [-0.1, -0.05) is 25.8 Å². The molecule has 0 fully saturated rings. The molecule has 1 amide bonds. The molecule has 3 N–H and O–H groups in total. The highest BCUT2D eigenvalue weighted by atomic mass is 19.1. The SMILES string of the molecule is CCCC[C@H](NC(=O)c1cn[nH]c1-c1c(F)cccc1F)C(=O)O. The van der Waals surface area contributed by atoms with Crippen molar-refractivity contribution >= 4 is 11.9 Å². The Bertz CT molecular complexity index is 726. The van der Waals surface area contributed by atoms with Gasteiger partial charge in [-0.25, -0.2) is 13.6 Å². The van der Waals surface area contributed by atoms with Gasteiger partial charge in [-0.05, 0) is 18.6 Å². The molecular weight excluding hydrogens is 320 g/mol. The van der Waals surface area contributed by atoms with Crippen LogP contribution in [0.3, 0.4) is 0 Å². The Morgan fingerprint density at radius 2 is 2.00 bits per heavy atom. The number of hydrogen-bond donors (Lipinski definition) is 3. The van der Waals surface area contributed by atoms with Crippen LogP contribution in [0.5, 0.6) is 0 Å². The Hall–Kier alpha value is -2.77. The molecule has 1 heterocycles. The maximum absolute atomic E-state index is 13.9. The van der Waals surface area contributed by atoms with Gasteiger partial charge in [0.1, 0.15) is 17.7 Å². The molecule has 0 saturated carbocycles. The molecule has 0 aliphatic heterocycles. The van der Waals surface area contributed by atoms with Crippen LogP contribution in [0.15, 0.2) is 24.4 Å². The van der Waals surface area contributed by atoms with E-state index in [0.29, 0.717) is 6.42 Å². The number of rotatable bonds is 7. The molecule has 128 valence electrons. The lowest BCUT2D eigenvalue weighted by Gasteiger charge is -2.14. The molecule has 6 nitrogen and oxygen atoms in total. The van der Waals surface area contributed by atoms with Crippen LogP contribution in [0.4, 0.5) is 8.78 Å². The largest absolute Gasteiger partial charge is 0.480 e. The van der Waals surface area contributed by atoms with Gasteiger partial charge in [-0.3, -0.25) is 9.89 Å². The zero-order chi connectivity index (χ0) is 17.7. The Balaban J connectivity index is 2.29. The van der Waals surface area contributed by atoms with Crippen LogP contribution in [0.25, 0.3) is 11.3 Å². The molecule has 24 heavy (non-hydrogen) atoms. The molecule has 0 radical (unpaired) electrons. The van der Waals surface area contributed by atoms with Crippen LogP contribution in [0.2, 0.25) is 0 Å². The topological polar surface area (TPSA) is 95.1 Å². The number of aliphatic carboxylic acids is 1. The fourth-order valence-corrected chi connectivity index (χ4v) is 2.29. The first-order chi connectivity index (χ1) is 11.5. The number of H-pyrrole nitrogens is 1. The van der Waals surface area contributed by atoms with Crippen molar-refractivity contribution in [3.63, 3.8) is 0 Å². The van der Waals surface area contributed by atoms with E-state index in [1.165, 1.54) is 6.07 Å². The molecule has 0 aliphatic carbocycles. The van der Waals surface area contributed by atoms with Gasteiger partial charge in [-0.15, -0.1) is 0 Å². The number of benzene rings is 1. The lowest BCUT2D eigenvalue weighted by Crippen LogP contribution is -2.40. The Kier molecular flexibility index (Phi) is 5.62. The van der Waals surface area contributed by atoms with Gasteiger partial charge < -0.3 is 10.4 Å².